The average molecular weight is 411 g/mol. The molecule has 0 aliphatic carbocycles. The highest BCUT2D eigenvalue weighted by Gasteiger charge is 2.32. The fourth-order valence-electron chi connectivity index (χ4n) is 2.36. The number of allylic oxidation sites excluding steroid dienone is 2. The van der Waals surface area contributed by atoms with Gasteiger partial charge in [0.25, 0.3) is 0 Å². The van der Waals surface area contributed by atoms with Crippen molar-refractivity contribution in [2.45, 2.75) is 46.6 Å². The van der Waals surface area contributed by atoms with Crippen molar-refractivity contribution in [3.05, 3.63) is 58.2 Å². The number of thioether (sulfide) groups is 1. The minimum atomic E-state index is -0.161. The van der Waals surface area contributed by atoms with Crippen LogP contribution in [0.5, 0.6) is 0 Å². The van der Waals surface area contributed by atoms with Gasteiger partial charge in [-0.05, 0) is 31.6 Å². The van der Waals surface area contributed by atoms with Crippen LogP contribution in [0, 0.1) is 12.8 Å². The van der Waals surface area contributed by atoms with E-state index in [1.807, 2.05) is 19.1 Å². The largest absolute Gasteiger partial charge is 0.486 e. The summed E-state index contributed by atoms with van der Waals surface area (Å²) in [6, 6.07) is 8.37. The number of aryl methyl sites for hydroxylation is 1. The van der Waals surface area contributed by atoms with E-state index in [1.165, 1.54) is 29.3 Å². The minimum Gasteiger partial charge on any atom is -0.486 e. The molecule has 3 rings (SSSR count). The van der Waals surface area contributed by atoms with E-state index in [-0.39, 0.29) is 23.3 Å². The maximum Gasteiger partial charge on any atom is 0.178 e. The smallest absolute Gasteiger partial charge is 0.178 e. The van der Waals surface area contributed by atoms with Crippen molar-refractivity contribution in [1.82, 2.24) is 0 Å². The average Bonchev–Trinajstić information content (AvgIpc) is 3.19. The number of aliphatic hydroxyl groups excluding tert-OH is 1. The minimum absolute atomic E-state index is 0. The molecule has 2 aliphatic heterocycles. The monoisotopic (exact) mass is 410 g/mol. The van der Waals surface area contributed by atoms with Crippen LogP contribution >= 0.6 is 24.0 Å². The molecule has 2 atom stereocenters. The fraction of sp³-hybridized carbons (Fsp3) is 0.429. The molecule has 27 heavy (non-hydrogen) atoms. The number of benzene rings is 1. The summed E-state index contributed by atoms with van der Waals surface area (Å²) in [5.74, 6) is 0.716. The number of hydrogen-bond acceptors (Lipinski definition) is 5. The first-order valence-electron chi connectivity index (χ1n) is 8.82. The molecule has 0 bridgehead atoms. The highest BCUT2D eigenvalue weighted by Crippen LogP contribution is 2.38. The van der Waals surface area contributed by atoms with Gasteiger partial charge in [0.2, 0.25) is 0 Å². The number of aliphatic hydroxyl groups is 1. The van der Waals surface area contributed by atoms with Crippen molar-refractivity contribution in [3.8, 4) is 0 Å². The van der Waals surface area contributed by atoms with E-state index in [9.17, 15) is 4.79 Å². The molecule has 2 heterocycles. The molecule has 3 N–H and O–H groups in total. The predicted molar refractivity (Wildman–Crippen MR) is 118 cm³/mol. The normalized spacial score (nSPS) is 22.0. The zero-order valence-corrected chi connectivity index (χ0v) is 18.2. The van der Waals surface area contributed by atoms with E-state index >= 15 is 0 Å². The first-order valence-corrected chi connectivity index (χ1v) is 10.0. The molecule has 2 aliphatic rings. The Labute approximate surface area is 172 Å². The highest BCUT2D eigenvalue weighted by molar-refractivity contribution is 8.27. The molecule has 150 valence electrons. The lowest BCUT2D eigenvalue weighted by atomic mass is 10.1. The summed E-state index contributed by atoms with van der Waals surface area (Å²) in [6.07, 6.45) is 6.00. The summed E-state index contributed by atoms with van der Waals surface area (Å²) >= 11 is 6.58. The lowest BCUT2D eigenvalue weighted by Gasteiger charge is -2.12. The molecule has 0 amide bonds. The Bertz CT molecular complexity index is 678. The molecule has 4 nitrogen and oxygen atoms in total. The van der Waals surface area contributed by atoms with Gasteiger partial charge < -0.3 is 15.3 Å². The van der Waals surface area contributed by atoms with Gasteiger partial charge in [0, 0.05) is 13.5 Å². The maximum absolute atomic E-state index is 12.0. The standard InChI is InChI=1S/C17H16O2S2.C3H8.CH4O.H2O/c1-10-3-5-12(6-4-10)14-8-7-13(19-14)9-15-16(18)11(2)17(20)21-15;1-3-2;1-2;/h3-7,9,11,14H,8H2,1-2H3;3H2,1-2H3;2H,1H3;1H2/b15-9+;;;. The van der Waals surface area contributed by atoms with Gasteiger partial charge in [0.1, 0.15) is 11.9 Å². The third-order valence-electron chi connectivity index (χ3n) is 3.73. The number of ketones is 1. The molecule has 0 aromatic heterocycles. The number of ether oxygens (including phenoxy) is 1. The van der Waals surface area contributed by atoms with Gasteiger partial charge in [0.05, 0.1) is 15.0 Å². The summed E-state index contributed by atoms with van der Waals surface area (Å²) in [4.78, 5) is 12.7. The first-order chi connectivity index (χ1) is 12.5. The third kappa shape index (κ3) is 7.22. The highest BCUT2D eigenvalue weighted by atomic mass is 32.2. The quantitative estimate of drug-likeness (QED) is 0.564. The van der Waals surface area contributed by atoms with Crippen LogP contribution in [-0.2, 0) is 9.53 Å². The Morgan fingerprint density at radius 1 is 1.26 bits per heavy atom. The molecule has 6 heteroatoms. The molecule has 0 spiro atoms. The second kappa shape index (κ2) is 12.8. The molecular weight excluding hydrogens is 380 g/mol. The number of carbonyl (C=O) groups excluding carboxylic acids is 1. The molecule has 2 unspecified atom stereocenters. The topological polar surface area (TPSA) is 78.0 Å². The van der Waals surface area contributed by atoms with Crippen LogP contribution in [0.25, 0.3) is 0 Å². The second-order valence-corrected chi connectivity index (χ2v) is 7.86. The molecule has 1 aromatic rings. The zero-order valence-electron chi connectivity index (χ0n) is 16.6. The van der Waals surface area contributed by atoms with Crippen molar-refractivity contribution >= 4 is 34.0 Å². The van der Waals surface area contributed by atoms with Crippen molar-refractivity contribution in [1.29, 1.82) is 0 Å². The molecule has 1 aromatic carbocycles. The zero-order chi connectivity index (χ0) is 19.7. The summed E-state index contributed by atoms with van der Waals surface area (Å²) in [7, 11) is 1.00. The van der Waals surface area contributed by atoms with Crippen molar-refractivity contribution in [2.75, 3.05) is 7.11 Å². The Balaban J connectivity index is 0.00000103. The molecule has 0 radical (unpaired) electrons. The summed E-state index contributed by atoms with van der Waals surface area (Å²) in [6.45, 7) is 8.18. The second-order valence-electron chi connectivity index (χ2n) is 6.08. The lowest BCUT2D eigenvalue weighted by molar-refractivity contribution is -0.116. The summed E-state index contributed by atoms with van der Waals surface area (Å²) < 4.78 is 6.69. The Morgan fingerprint density at radius 3 is 2.30 bits per heavy atom. The van der Waals surface area contributed by atoms with Gasteiger partial charge >= 0.3 is 0 Å². The van der Waals surface area contributed by atoms with Crippen LogP contribution in [0.3, 0.4) is 0 Å². The van der Waals surface area contributed by atoms with Crippen LogP contribution < -0.4 is 0 Å². The van der Waals surface area contributed by atoms with Gasteiger partial charge in [0.15, 0.2) is 5.78 Å². The van der Waals surface area contributed by atoms with Crippen molar-refractivity contribution < 1.29 is 20.1 Å². The van der Waals surface area contributed by atoms with E-state index in [0.717, 1.165) is 23.5 Å². The van der Waals surface area contributed by atoms with E-state index < -0.39 is 0 Å². The first kappa shape index (κ1) is 25.5. The molecule has 1 saturated heterocycles. The lowest BCUT2D eigenvalue weighted by Crippen LogP contribution is -2.07. The Kier molecular flexibility index (Phi) is 12.1. The van der Waals surface area contributed by atoms with E-state index in [0.29, 0.717) is 4.91 Å². The maximum atomic E-state index is 12.0. The number of Topliss-reactive ketones (excluding diaryl/α,β-unsaturated/α-hetero) is 1. The SMILES string of the molecule is CCC.CO.Cc1ccc(C2CC=C(/C=C3/SC(=S)C(C)C3=O)O2)cc1.O. The van der Waals surface area contributed by atoms with Crippen LogP contribution in [0.4, 0.5) is 0 Å². The number of carbonyl (C=O) groups is 1. The van der Waals surface area contributed by atoms with Gasteiger partial charge in [-0.1, -0.05) is 74.1 Å². The van der Waals surface area contributed by atoms with Crippen molar-refractivity contribution in [2.24, 2.45) is 5.92 Å². The van der Waals surface area contributed by atoms with Crippen LogP contribution in [0.2, 0.25) is 0 Å². The summed E-state index contributed by atoms with van der Waals surface area (Å²) in [5, 5.41) is 7.00. The Hall–Kier alpha value is -1.47. The predicted octanol–water partition coefficient (Wildman–Crippen LogP) is 4.70. The number of rotatable bonds is 2. The Morgan fingerprint density at radius 2 is 1.81 bits per heavy atom. The van der Waals surface area contributed by atoms with Crippen LogP contribution in [-0.4, -0.2) is 27.7 Å². The van der Waals surface area contributed by atoms with Crippen LogP contribution in [0.15, 0.2) is 47.1 Å². The van der Waals surface area contributed by atoms with Gasteiger partial charge in [-0.2, -0.15) is 0 Å². The number of thiocarbonyl (C=S) groups is 1. The molecule has 0 saturated carbocycles. The summed E-state index contributed by atoms with van der Waals surface area (Å²) in [5.41, 5.74) is 2.40. The van der Waals surface area contributed by atoms with E-state index in [1.54, 1.807) is 0 Å². The molecular formula is C21H30O4S2. The molecule has 1 fully saturated rings. The van der Waals surface area contributed by atoms with Crippen molar-refractivity contribution in [3.63, 3.8) is 0 Å². The van der Waals surface area contributed by atoms with E-state index in [4.69, 9.17) is 22.1 Å². The van der Waals surface area contributed by atoms with Gasteiger partial charge in [-0.15, -0.1) is 0 Å². The number of hydrogen-bond donors (Lipinski definition) is 1. The third-order valence-corrected chi connectivity index (χ3v) is 5.43. The fourth-order valence-corrected chi connectivity index (χ4v) is 3.69. The van der Waals surface area contributed by atoms with Crippen LogP contribution in [0.1, 0.15) is 50.8 Å². The van der Waals surface area contributed by atoms with Gasteiger partial charge in [-0.25, -0.2) is 0 Å². The van der Waals surface area contributed by atoms with E-state index in [2.05, 4.69) is 45.0 Å². The van der Waals surface area contributed by atoms with Gasteiger partial charge in [-0.3, -0.25) is 4.79 Å².